The fourth-order valence-electron chi connectivity index (χ4n) is 3.02. The number of aryl methyl sites for hydroxylation is 1. The molecule has 0 atom stereocenters. The molecule has 0 fully saturated rings. The predicted molar refractivity (Wildman–Crippen MR) is 123 cm³/mol. The molecule has 0 radical (unpaired) electrons. The summed E-state index contributed by atoms with van der Waals surface area (Å²) in [5, 5.41) is 19.9. The average Bonchev–Trinajstić information content (AvgIpc) is 2.72. The van der Waals surface area contributed by atoms with Crippen molar-refractivity contribution in [1.29, 1.82) is 0 Å². The molecule has 0 aliphatic carbocycles. The number of hydrogen-bond donors (Lipinski definition) is 1. The molecule has 0 heterocycles. The third-order valence-electron chi connectivity index (χ3n) is 4.50. The van der Waals surface area contributed by atoms with Gasteiger partial charge in [-0.3, -0.25) is 10.1 Å². The molecule has 11 heteroatoms. The van der Waals surface area contributed by atoms with Gasteiger partial charge in [0.1, 0.15) is 5.75 Å². The highest BCUT2D eigenvalue weighted by Gasteiger charge is 2.25. The minimum Gasteiger partial charge on any atom is -0.482 e. The van der Waals surface area contributed by atoms with Crippen molar-refractivity contribution in [2.45, 2.75) is 30.9 Å². The van der Waals surface area contributed by atoms with Crippen LogP contribution in [0.5, 0.6) is 5.75 Å². The van der Waals surface area contributed by atoms with E-state index in [1.807, 2.05) is 19.9 Å². The second-order valence-electron chi connectivity index (χ2n) is 7.00. The SMILES string of the molecule is CCCN(CCSc1ccc(OCC(=O)O)c(C)c1)S(=O)(=O)Cc1ccccc1[N+](=O)[O-]. The maximum Gasteiger partial charge on any atom is 0.341 e. The van der Waals surface area contributed by atoms with Crippen molar-refractivity contribution in [3.05, 3.63) is 63.7 Å². The van der Waals surface area contributed by atoms with Gasteiger partial charge in [-0.15, -0.1) is 11.8 Å². The number of nitro groups is 1. The highest BCUT2D eigenvalue weighted by molar-refractivity contribution is 7.99. The summed E-state index contributed by atoms with van der Waals surface area (Å²) in [6.07, 6.45) is 0.621. The molecule has 0 aliphatic heterocycles. The monoisotopic (exact) mass is 482 g/mol. The molecule has 1 N–H and O–H groups in total. The van der Waals surface area contributed by atoms with Gasteiger partial charge in [0.15, 0.2) is 6.61 Å². The van der Waals surface area contributed by atoms with Crippen LogP contribution in [0.15, 0.2) is 47.4 Å². The molecule has 2 rings (SSSR count). The van der Waals surface area contributed by atoms with Gasteiger partial charge in [0, 0.05) is 35.4 Å². The third-order valence-corrected chi connectivity index (χ3v) is 7.30. The predicted octanol–water partition coefficient (Wildman–Crippen LogP) is 3.70. The van der Waals surface area contributed by atoms with Crippen LogP contribution < -0.4 is 4.74 Å². The topological polar surface area (TPSA) is 127 Å². The van der Waals surface area contributed by atoms with Crippen molar-refractivity contribution in [2.24, 2.45) is 0 Å². The lowest BCUT2D eigenvalue weighted by atomic mass is 10.2. The lowest BCUT2D eigenvalue weighted by Crippen LogP contribution is -2.34. The van der Waals surface area contributed by atoms with Gasteiger partial charge in [-0.25, -0.2) is 17.5 Å². The first-order valence-corrected chi connectivity index (χ1v) is 12.5. The Bertz CT molecular complexity index is 1060. The summed E-state index contributed by atoms with van der Waals surface area (Å²) in [6.45, 7) is 3.85. The molecule has 2 aromatic rings. The van der Waals surface area contributed by atoms with E-state index < -0.39 is 33.3 Å². The molecule has 0 unspecified atom stereocenters. The van der Waals surface area contributed by atoms with Gasteiger partial charge < -0.3 is 9.84 Å². The van der Waals surface area contributed by atoms with E-state index in [0.717, 1.165) is 10.5 Å². The van der Waals surface area contributed by atoms with Crippen LogP contribution in [0.2, 0.25) is 0 Å². The summed E-state index contributed by atoms with van der Waals surface area (Å²) in [5.41, 5.74) is 0.743. The Morgan fingerprint density at radius 3 is 2.56 bits per heavy atom. The highest BCUT2D eigenvalue weighted by atomic mass is 32.2. The molecule has 0 aliphatic rings. The van der Waals surface area contributed by atoms with E-state index in [9.17, 15) is 23.3 Å². The number of carboxylic acids is 1. The van der Waals surface area contributed by atoms with Crippen molar-refractivity contribution in [1.82, 2.24) is 4.31 Å². The van der Waals surface area contributed by atoms with Gasteiger partial charge in [0.05, 0.1) is 10.7 Å². The van der Waals surface area contributed by atoms with Gasteiger partial charge in [0.25, 0.3) is 5.69 Å². The molecule has 0 saturated heterocycles. The van der Waals surface area contributed by atoms with E-state index in [1.54, 1.807) is 18.2 Å². The van der Waals surface area contributed by atoms with Crippen LogP contribution >= 0.6 is 11.8 Å². The summed E-state index contributed by atoms with van der Waals surface area (Å²) in [7, 11) is -3.74. The van der Waals surface area contributed by atoms with Crippen molar-refractivity contribution < 1.29 is 28.0 Å². The molecule has 0 spiro atoms. The molecule has 0 saturated carbocycles. The minimum absolute atomic E-state index is 0.166. The zero-order valence-corrected chi connectivity index (χ0v) is 19.5. The lowest BCUT2D eigenvalue weighted by Gasteiger charge is -2.21. The van der Waals surface area contributed by atoms with E-state index in [1.165, 1.54) is 34.3 Å². The Labute approximate surface area is 191 Å². The number of ether oxygens (including phenoxy) is 1. The summed E-state index contributed by atoms with van der Waals surface area (Å²) in [4.78, 5) is 22.2. The van der Waals surface area contributed by atoms with Crippen molar-refractivity contribution in [2.75, 3.05) is 25.4 Å². The number of carbonyl (C=O) groups is 1. The summed E-state index contributed by atoms with van der Waals surface area (Å²) >= 11 is 1.47. The summed E-state index contributed by atoms with van der Waals surface area (Å²) in [5.74, 6) is -0.508. The molecule has 2 aromatic carbocycles. The number of carboxylic acid groups (broad SMARTS) is 1. The Morgan fingerprint density at radius 2 is 1.94 bits per heavy atom. The van der Waals surface area contributed by atoms with Crippen molar-refractivity contribution >= 4 is 33.4 Å². The van der Waals surface area contributed by atoms with Gasteiger partial charge in [0.2, 0.25) is 10.0 Å². The van der Waals surface area contributed by atoms with Crippen LogP contribution in [-0.4, -0.2) is 54.2 Å². The van der Waals surface area contributed by atoms with Gasteiger partial charge in [-0.05, 0) is 37.1 Å². The summed E-state index contributed by atoms with van der Waals surface area (Å²) in [6, 6.07) is 11.2. The number of thioether (sulfide) groups is 1. The van der Waals surface area contributed by atoms with Gasteiger partial charge >= 0.3 is 5.97 Å². The second kappa shape index (κ2) is 11.8. The summed E-state index contributed by atoms with van der Waals surface area (Å²) < 4.78 is 32.5. The maximum atomic E-state index is 13.0. The van der Waals surface area contributed by atoms with Gasteiger partial charge in [-0.2, -0.15) is 0 Å². The number of nitrogens with zero attached hydrogens (tertiary/aromatic N) is 2. The molecule has 0 aromatic heterocycles. The Hall–Kier alpha value is -2.63. The van der Waals surface area contributed by atoms with Crippen LogP contribution in [0.1, 0.15) is 24.5 Å². The van der Waals surface area contributed by atoms with E-state index in [2.05, 4.69) is 0 Å². The molecule has 0 bridgehead atoms. The molecule has 0 amide bonds. The second-order valence-corrected chi connectivity index (χ2v) is 10.1. The Kier molecular flexibility index (Phi) is 9.48. The van der Waals surface area contributed by atoms with Crippen LogP contribution in [0, 0.1) is 17.0 Å². The largest absolute Gasteiger partial charge is 0.482 e. The normalized spacial score (nSPS) is 11.5. The van der Waals surface area contributed by atoms with Crippen molar-refractivity contribution in [3.8, 4) is 5.75 Å². The average molecular weight is 483 g/mol. The van der Waals surface area contributed by atoms with E-state index in [0.29, 0.717) is 24.5 Å². The molecular weight excluding hydrogens is 456 g/mol. The Morgan fingerprint density at radius 1 is 1.22 bits per heavy atom. The maximum absolute atomic E-state index is 13.0. The number of sulfonamides is 1. The van der Waals surface area contributed by atoms with Crippen LogP contribution in [0.3, 0.4) is 0 Å². The van der Waals surface area contributed by atoms with Gasteiger partial charge in [-0.1, -0.05) is 25.1 Å². The number of benzene rings is 2. The van der Waals surface area contributed by atoms with Crippen LogP contribution in [0.25, 0.3) is 0 Å². The Balaban J connectivity index is 2.03. The fourth-order valence-corrected chi connectivity index (χ4v) is 5.75. The number of aliphatic carboxylic acids is 1. The quantitative estimate of drug-likeness (QED) is 0.260. The first-order chi connectivity index (χ1) is 15.1. The zero-order chi connectivity index (χ0) is 23.7. The smallest absolute Gasteiger partial charge is 0.341 e. The number of hydrogen-bond acceptors (Lipinski definition) is 7. The number of nitro benzene ring substituents is 1. The zero-order valence-electron chi connectivity index (χ0n) is 17.9. The number of para-hydroxylation sites is 1. The molecule has 9 nitrogen and oxygen atoms in total. The highest BCUT2D eigenvalue weighted by Crippen LogP contribution is 2.27. The molecule has 32 heavy (non-hydrogen) atoms. The van der Waals surface area contributed by atoms with E-state index in [4.69, 9.17) is 9.84 Å². The van der Waals surface area contributed by atoms with E-state index in [-0.39, 0.29) is 17.8 Å². The minimum atomic E-state index is -3.74. The lowest BCUT2D eigenvalue weighted by molar-refractivity contribution is -0.385. The first-order valence-electron chi connectivity index (χ1n) is 9.92. The standard InChI is InChI=1S/C21H26N2O7S2/c1-3-10-22(32(28,29)15-17-6-4-5-7-19(17)23(26)27)11-12-31-18-8-9-20(16(2)13-18)30-14-21(24)25/h4-9,13H,3,10-12,14-15H2,1-2H3,(H,24,25). The van der Waals surface area contributed by atoms with E-state index >= 15 is 0 Å². The fraction of sp³-hybridized carbons (Fsp3) is 0.381. The molecule has 174 valence electrons. The van der Waals surface area contributed by atoms with Crippen LogP contribution in [-0.2, 0) is 20.6 Å². The van der Waals surface area contributed by atoms with Crippen molar-refractivity contribution in [3.63, 3.8) is 0 Å². The molecular formula is C21H26N2O7S2. The van der Waals surface area contributed by atoms with Crippen LogP contribution in [0.4, 0.5) is 5.69 Å². The number of rotatable bonds is 13. The first kappa shape index (κ1) is 25.6. The third kappa shape index (κ3) is 7.50.